The van der Waals surface area contributed by atoms with E-state index in [1.807, 2.05) is 22.9 Å². The highest BCUT2D eigenvalue weighted by Gasteiger charge is 2.33. The highest BCUT2D eigenvalue weighted by molar-refractivity contribution is 7.87. The number of nitrogens with zero attached hydrogens (tertiary/aromatic N) is 4. The molecule has 148 valence electrons. The fourth-order valence-corrected chi connectivity index (χ4v) is 4.43. The number of aromatic nitrogens is 2. The van der Waals surface area contributed by atoms with E-state index in [-0.39, 0.29) is 12.0 Å². The van der Waals surface area contributed by atoms with Crippen LogP contribution in [0.25, 0.3) is 0 Å². The van der Waals surface area contributed by atoms with Crippen molar-refractivity contribution in [2.45, 2.75) is 24.9 Å². The first-order valence-corrected chi connectivity index (χ1v) is 10.8. The molecule has 1 N–H and O–H groups in total. The molecule has 1 aliphatic heterocycles. The lowest BCUT2D eigenvalue weighted by Gasteiger charge is -2.39. The molecule has 9 heteroatoms. The van der Waals surface area contributed by atoms with Crippen LogP contribution in [0.3, 0.4) is 0 Å². The van der Waals surface area contributed by atoms with Gasteiger partial charge in [-0.3, -0.25) is 9.58 Å². The lowest BCUT2D eigenvalue weighted by Crippen LogP contribution is -2.54. The number of benzene rings is 1. The minimum absolute atomic E-state index is 0.149. The van der Waals surface area contributed by atoms with Crippen LogP contribution in [0.4, 0.5) is 0 Å². The smallest absolute Gasteiger partial charge is 0.279 e. The summed E-state index contributed by atoms with van der Waals surface area (Å²) in [4.78, 5) is 2.28. The summed E-state index contributed by atoms with van der Waals surface area (Å²) in [5.74, 6) is 0.149. The molecule has 1 aliphatic rings. The number of halogens is 1. The van der Waals surface area contributed by atoms with Crippen molar-refractivity contribution in [1.29, 1.82) is 0 Å². The molecule has 0 radical (unpaired) electrons. The van der Waals surface area contributed by atoms with Gasteiger partial charge in [0.15, 0.2) is 0 Å². The van der Waals surface area contributed by atoms with Gasteiger partial charge >= 0.3 is 0 Å². The first-order chi connectivity index (χ1) is 12.8. The third kappa shape index (κ3) is 5.30. The van der Waals surface area contributed by atoms with Crippen molar-refractivity contribution in [3.8, 4) is 0 Å². The summed E-state index contributed by atoms with van der Waals surface area (Å²) >= 11 is 5.92. The zero-order chi connectivity index (χ0) is 19.4. The van der Waals surface area contributed by atoms with Gasteiger partial charge in [0.05, 0.1) is 17.8 Å². The second-order valence-corrected chi connectivity index (χ2v) is 9.39. The van der Waals surface area contributed by atoms with Gasteiger partial charge in [-0.25, -0.2) is 0 Å². The van der Waals surface area contributed by atoms with Crippen LogP contribution in [0.2, 0.25) is 5.02 Å². The topological polar surface area (TPSA) is 70.5 Å². The van der Waals surface area contributed by atoms with Crippen LogP contribution in [-0.4, -0.2) is 67.2 Å². The molecule has 7 nitrogen and oxygen atoms in total. The molecule has 1 saturated heterocycles. The van der Waals surface area contributed by atoms with E-state index in [1.165, 1.54) is 9.87 Å². The minimum atomic E-state index is -3.50. The van der Waals surface area contributed by atoms with E-state index >= 15 is 0 Å². The number of likely N-dealkylation sites (tertiary alicyclic amines) is 1. The van der Waals surface area contributed by atoms with Crippen molar-refractivity contribution < 1.29 is 8.42 Å². The molecule has 0 aliphatic carbocycles. The van der Waals surface area contributed by atoms with Crippen molar-refractivity contribution in [3.63, 3.8) is 0 Å². The number of rotatable bonds is 7. The van der Waals surface area contributed by atoms with Crippen molar-refractivity contribution in [3.05, 3.63) is 53.3 Å². The molecule has 1 fully saturated rings. The third-order valence-corrected chi connectivity index (χ3v) is 6.71. The van der Waals surface area contributed by atoms with Gasteiger partial charge in [0, 0.05) is 45.3 Å². The molecule has 1 aromatic carbocycles. The SMILES string of the molecule is CN(C)S(=O)(=O)N[C@H]1CN(CCn2cc(Cl)cn2)CC[C@H]1c1ccccc1. The fraction of sp³-hybridized carbons (Fsp3) is 0.500. The van der Waals surface area contributed by atoms with Gasteiger partial charge in [-0.15, -0.1) is 0 Å². The molecule has 0 amide bonds. The van der Waals surface area contributed by atoms with E-state index in [0.29, 0.717) is 11.6 Å². The molecular formula is C18H26ClN5O2S. The standard InChI is InChI=1S/C18H26ClN5O2S/c1-22(2)27(25,26)21-18-14-23(10-11-24-13-16(19)12-20-24)9-8-17(18)15-6-4-3-5-7-15/h3-7,12-13,17-18,21H,8-11,14H2,1-2H3/t17-,18-/m0/s1. The Labute approximate surface area is 166 Å². The Morgan fingerprint density at radius 2 is 2.00 bits per heavy atom. The summed E-state index contributed by atoms with van der Waals surface area (Å²) in [5.41, 5.74) is 1.17. The normalized spacial score (nSPS) is 21.6. The molecule has 0 unspecified atom stereocenters. The van der Waals surface area contributed by atoms with Gasteiger partial charge in [-0.2, -0.15) is 22.5 Å². The molecule has 2 heterocycles. The summed E-state index contributed by atoms with van der Waals surface area (Å²) in [6.45, 7) is 3.08. The van der Waals surface area contributed by atoms with Crippen molar-refractivity contribution in [2.75, 3.05) is 33.7 Å². The van der Waals surface area contributed by atoms with Gasteiger partial charge in [0.25, 0.3) is 10.2 Å². The van der Waals surface area contributed by atoms with Gasteiger partial charge in [0.2, 0.25) is 0 Å². The van der Waals surface area contributed by atoms with E-state index in [1.54, 1.807) is 26.5 Å². The number of hydrogen-bond acceptors (Lipinski definition) is 4. The minimum Gasteiger partial charge on any atom is -0.300 e. The second kappa shape index (κ2) is 8.70. The average Bonchev–Trinajstić information content (AvgIpc) is 3.06. The van der Waals surface area contributed by atoms with E-state index in [9.17, 15) is 8.42 Å². The van der Waals surface area contributed by atoms with Crippen LogP contribution < -0.4 is 4.72 Å². The Kier molecular flexibility index (Phi) is 6.54. The fourth-order valence-electron chi connectivity index (χ4n) is 3.44. The highest BCUT2D eigenvalue weighted by atomic mass is 35.5. The van der Waals surface area contributed by atoms with E-state index in [2.05, 4.69) is 26.9 Å². The predicted octanol–water partition coefficient (Wildman–Crippen LogP) is 1.79. The van der Waals surface area contributed by atoms with Crippen molar-refractivity contribution in [2.24, 2.45) is 0 Å². The molecule has 1 aromatic heterocycles. The quantitative estimate of drug-likeness (QED) is 0.754. The monoisotopic (exact) mass is 411 g/mol. The molecule has 2 aromatic rings. The van der Waals surface area contributed by atoms with Crippen molar-refractivity contribution in [1.82, 2.24) is 23.7 Å². The van der Waals surface area contributed by atoms with Crippen LogP contribution in [0.5, 0.6) is 0 Å². The maximum atomic E-state index is 12.4. The molecule has 0 spiro atoms. The van der Waals surface area contributed by atoms with Crippen LogP contribution in [0.1, 0.15) is 17.9 Å². The van der Waals surface area contributed by atoms with E-state index in [0.717, 1.165) is 26.1 Å². The Bertz CT molecular complexity index is 840. The summed E-state index contributed by atoms with van der Waals surface area (Å²) < 4.78 is 30.8. The maximum Gasteiger partial charge on any atom is 0.279 e. The number of piperidine rings is 1. The zero-order valence-corrected chi connectivity index (χ0v) is 17.2. The van der Waals surface area contributed by atoms with Gasteiger partial charge in [-0.1, -0.05) is 41.9 Å². The molecule has 0 saturated carbocycles. The highest BCUT2D eigenvalue weighted by Crippen LogP contribution is 2.29. The summed E-state index contributed by atoms with van der Waals surface area (Å²) in [6, 6.07) is 9.94. The van der Waals surface area contributed by atoms with Crippen LogP contribution in [-0.2, 0) is 16.8 Å². The molecule has 27 heavy (non-hydrogen) atoms. The number of nitrogens with one attached hydrogen (secondary N) is 1. The van der Waals surface area contributed by atoms with Gasteiger partial charge < -0.3 is 0 Å². The Morgan fingerprint density at radius 1 is 1.26 bits per heavy atom. The zero-order valence-electron chi connectivity index (χ0n) is 15.6. The third-order valence-electron chi connectivity index (χ3n) is 4.95. The largest absolute Gasteiger partial charge is 0.300 e. The first-order valence-electron chi connectivity index (χ1n) is 9.00. The summed E-state index contributed by atoms with van der Waals surface area (Å²) in [5, 5.41) is 4.82. The van der Waals surface area contributed by atoms with E-state index < -0.39 is 10.2 Å². The second-order valence-electron chi connectivity index (χ2n) is 7.04. The van der Waals surface area contributed by atoms with Crippen LogP contribution in [0.15, 0.2) is 42.7 Å². The average molecular weight is 412 g/mol. The van der Waals surface area contributed by atoms with E-state index in [4.69, 9.17) is 11.6 Å². The lowest BCUT2D eigenvalue weighted by atomic mass is 9.86. The van der Waals surface area contributed by atoms with Gasteiger partial charge in [0.1, 0.15) is 0 Å². The molecular weight excluding hydrogens is 386 g/mol. The van der Waals surface area contributed by atoms with Crippen LogP contribution >= 0.6 is 11.6 Å². The maximum absolute atomic E-state index is 12.4. The molecule has 3 rings (SSSR count). The van der Waals surface area contributed by atoms with Gasteiger partial charge in [-0.05, 0) is 18.5 Å². The first kappa shape index (κ1) is 20.3. The Morgan fingerprint density at radius 3 is 2.63 bits per heavy atom. The Hall–Kier alpha value is -1.45. The Balaban J connectivity index is 1.71. The predicted molar refractivity (Wildman–Crippen MR) is 107 cm³/mol. The van der Waals surface area contributed by atoms with Crippen LogP contribution in [0, 0.1) is 0 Å². The lowest BCUT2D eigenvalue weighted by molar-refractivity contribution is 0.174. The molecule has 0 bridgehead atoms. The summed E-state index contributed by atoms with van der Waals surface area (Å²) in [7, 11) is -0.417. The molecule has 2 atom stereocenters. The summed E-state index contributed by atoms with van der Waals surface area (Å²) in [6.07, 6.45) is 4.31. The van der Waals surface area contributed by atoms with Crippen molar-refractivity contribution >= 4 is 21.8 Å². The number of hydrogen-bond donors (Lipinski definition) is 1.